The number of phenolic OH excluding ortho intramolecular Hbond substituents is 2. The van der Waals surface area contributed by atoms with Gasteiger partial charge in [-0.25, -0.2) is 4.98 Å². The van der Waals surface area contributed by atoms with E-state index in [1.54, 1.807) is 11.3 Å². The van der Waals surface area contributed by atoms with Crippen LogP contribution in [0.15, 0.2) is 23.6 Å². The molecule has 5 nitrogen and oxygen atoms in total. The second kappa shape index (κ2) is 5.71. The van der Waals surface area contributed by atoms with Crippen molar-refractivity contribution >= 4 is 17.2 Å². The second-order valence-corrected chi connectivity index (χ2v) is 5.13. The van der Waals surface area contributed by atoms with Gasteiger partial charge in [-0.05, 0) is 25.1 Å². The normalized spacial score (nSPS) is 10.4. The number of nitrogens with one attached hydrogen (secondary N) is 1. The fourth-order valence-corrected chi connectivity index (χ4v) is 2.24. The van der Waals surface area contributed by atoms with Crippen LogP contribution in [0.25, 0.3) is 0 Å². The summed E-state index contributed by atoms with van der Waals surface area (Å²) in [6, 6.07) is 3.98. The van der Waals surface area contributed by atoms with Crippen LogP contribution in [0.4, 0.5) is 0 Å². The number of carbonyl (C=O) groups excluding carboxylic acids is 1. The molecule has 0 aliphatic rings. The number of amides is 1. The maximum atomic E-state index is 11.8. The van der Waals surface area contributed by atoms with Crippen molar-refractivity contribution in [2.75, 3.05) is 6.54 Å². The zero-order valence-corrected chi connectivity index (χ0v) is 11.2. The summed E-state index contributed by atoms with van der Waals surface area (Å²) in [6.07, 6.45) is 0.667. The van der Waals surface area contributed by atoms with Gasteiger partial charge in [0.2, 0.25) is 0 Å². The highest BCUT2D eigenvalue weighted by atomic mass is 32.1. The summed E-state index contributed by atoms with van der Waals surface area (Å²) < 4.78 is 0. The number of benzene rings is 1. The zero-order chi connectivity index (χ0) is 13.8. The Hall–Kier alpha value is -2.08. The van der Waals surface area contributed by atoms with Crippen molar-refractivity contribution in [3.63, 3.8) is 0 Å². The fourth-order valence-electron chi connectivity index (χ4n) is 1.59. The van der Waals surface area contributed by atoms with Gasteiger partial charge in [0.1, 0.15) is 0 Å². The molecule has 1 aromatic heterocycles. The molecular weight excluding hydrogens is 264 g/mol. The predicted molar refractivity (Wildman–Crippen MR) is 72.7 cm³/mol. The van der Waals surface area contributed by atoms with Gasteiger partial charge in [-0.2, -0.15) is 0 Å². The molecule has 2 aromatic rings. The highest BCUT2D eigenvalue weighted by Crippen LogP contribution is 2.24. The summed E-state index contributed by atoms with van der Waals surface area (Å²) in [5.74, 6) is -0.834. The summed E-state index contributed by atoms with van der Waals surface area (Å²) in [5, 5.41) is 24.2. The van der Waals surface area contributed by atoms with Crippen molar-refractivity contribution in [1.82, 2.24) is 10.3 Å². The molecule has 0 saturated carbocycles. The Morgan fingerprint density at radius 1 is 1.37 bits per heavy atom. The molecular formula is C13H14N2O3S. The molecule has 0 aliphatic carbocycles. The van der Waals surface area contributed by atoms with Gasteiger partial charge in [-0.3, -0.25) is 4.79 Å². The lowest BCUT2D eigenvalue weighted by Crippen LogP contribution is -2.25. The molecule has 3 N–H and O–H groups in total. The lowest BCUT2D eigenvalue weighted by atomic mass is 10.2. The van der Waals surface area contributed by atoms with Gasteiger partial charge in [0.05, 0.1) is 10.7 Å². The number of nitrogens with zero attached hydrogens (tertiary/aromatic N) is 1. The Morgan fingerprint density at radius 2 is 2.16 bits per heavy atom. The number of thiazole rings is 1. The van der Waals surface area contributed by atoms with Crippen molar-refractivity contribution < 1.29 is 15.0 Å². The van der Waals surface area contributed by atoms with Gasteiger partial charge in [0.15, 0.2) is 11.5 Å². The highest BCUT2D eigenvalue weighted by Gasteiger charge is 2.08. The molecule has 2 rings (SSSR count). The van der Waals surface area contributed by atoms with Crippen LogP contribution in [0.1, 0.15) is 21.1 Å². The van der Waals surface area contributed by atoms with Crippen molar-refractivity contribution in [1.29, 1.82) is 0 Å². The third-order valence-corrected chi connectivity index (χ3v) is 3.39. The predicted octanol–water partition coefficient (Wildman–Crippen LogP) is 1.84. The van der Waals surface area contributed by atoms with Crippen LogP contribution in [0.2, 0.25) is 0 Å². The average molecular weight is 278 g/mol. The van der Waals surface area contributed by atoms with Crippen LogP contribution in [0.3, 0.4) is 0 Å². The van der Waals surface area contributed by atoms with Crippen LogP contribution in [-0.2, 0) is 6.42 Å². The molecule has 0 atom stereocenters. The van der Waals surface area contributed by atoms with Gasteiger partial charge in [0, 0.05) is 23.9 Å². The first-order chi connectivity index (χ1) is 9.06. The van der Waals surface area contributed by atoms with Crippen molar-refractivity contribution in [3.05, 3.63) is 39.8 Å². The van der Waals surface area contributed by atoms with Gasteiger partial charge in [-0.15, -0.1) is 11.3 Å². The topological polar surface area (TPSA) is 82.5 Å². The molecule has 0 fully saturated rings. The average Bonchev–Trinajstić information content (AvgIpc) is 2.78. The molecule has 1 amide bonds. The Balaban J connectivity index is 1.89. The standard InChI is InChI=1S/C13H14N2O3S/c1-8-15-10(7-19-8)4-5-14-13(18)9-2-3-11(16)12(17)6-9/h2-3,6-7,16-17H,4-5H2,1H3,(H,14,18). The number of hydrogen-bond donors (Lipinski definition) is 3. The van der Waals surface area contributed by atoms with E-state index in [0.717, 1.165) is 10.7 Å². The van der Waals surface area contributed by atoms with E-state index in [0.29, 0.717) is 18.5 Å². The van der Waals surface area contributed by atoms with Gasteiger partial charge in [0.25, 0.3) is 5.91 Å². The van der Waals surface area contributed by atoms with Crippen molar-refractivity contribution in [3.8, 4) is 11.5 Å². The molecule has 1 aromatic carbocycles. The van der Waals surface area contributed by atoms with Gasteiger partial charge < -0.3 is 15.5 Å². The summed E-state index contributed by atoms with van der Waals surface area (Å²) in [6.45, 7) is 2.41. The van der Waals surface area contributed by atoms with Crippen molar-refractivity contribution in [2.45, 2.75) is 13.3 Å². The number of phenols is 2. The number of hydrogen-bond acceptors (Lipinski definition) is 5. The van der Waals surface area contributed by atoms with E-state index in [-0.39, 0.29) is 17.4 Å². The molecule has 100 valence electrons. The minimum absolute atomic E-state index is 0.241. The molecule has 0 unspecified atom stereocenters. The van der Waals surface area contributed by atoms with Crippen LogP contribution >= 0.6 is 11.3 Å². The molecule has 1 heterocycles. The minimum atomic E-state index is -0.303. The van der Waals surface area contributed by atoms with Gasteiger partial charge >= 0.3 is 0 Å². The smallest absolute Gasteiger partial charge is 0.251 e. The van der Waals surface area contributed by atoms with Gasteiger partial charge in [-0.1, -0.05) is 0 Å². The van der Waals surface area contributed by atoms with E-state index in [1.807, 2.05) is 12.3 Å². The molecule has 0 saturated heterocycles. The molecule has 0 bridgehead atoms. The molecule has 0 radical (unpaired) electrons. The Morgan fingerprint density at radius 3 is 2.79 bits per heavy atom. The first-order valence-corrected chi connectivity index (χ1v) is 6.65. The first-order valence-electron chi connectivity index (χ1n) is 5.77. The molecule has 0 aliphatic heterocycles. The SMILES string of the molecule is Cc1nc(CCNC(=O)c2ccc(O)c(O)c2)cs1. The number of rotatable bonds is 4. The van der Waals surface area contributed by atoms with E-state index in [9.17, 15) is 9.90 Å². The summed E-state index contributed by atoms with van der Waals surface area (Å²) in [5.41, 5.74) is 1.26. The molecule has 0 spiro atoms. The zero-order valence-electron chi connectivity index (χ0n) is 10.4. The van der Waals surface area contributed by atoms with Crippen LogP contribution < -0.4 is 5.32 Å². The third kappa shape index (κ3) is 3.45. The Bertz CT molecular complexity index is 595. The Labute approximate surface area is 114 Å². The summed E-state index contributed by atoms with van der Waals surface area (Å²) in [7, 11) is 0. The van der Waals surface area contributed by atoms with E-state index < -0.39 is 0 Å². The number of aromatic hydroxyl groups is 2. The van der Waals surface area contributed by atoms with E-state index in [1.165, 1.54) is 18.2 Å². The van der Waals surface area contributed by atoms with E-state index in [4.69, 9.17) is 5.11 Å². The fraction of sp³-hybridized carbons (Fsp3) is 0.231. The lowest BCUT2D eigenvalue weighted by molar-refractivity contribution is 0.0953. The lowest BCUT2D eigenvalue weighted by Gasteiger charge is -2.05. The number of aromatic nitrogens is 1. The first kappa shape index (κ1) is 13.4. The Kier molecular flexibility index (Phi) is 4.01. The van der Waals surface area contributed by atoms with Crippen LogP contribution in [-0.4, -0.2) is 27.6 Å². The minimum Gasteiger partial charge on any atom is -0.504 e. The quantitative estimate of drug-likeness (QED) is 0.745. The second-order valence-electron chi connectivity index (χ2n) is 4.07. The maximum absolute atomic E-state index is 11.8. The summed E-state index contributed by atoms with van der Waals surface area (Å²) >= 11 is 1.58. The van der Waals surface area contributed by atoms with E-state index in [2.05, 4.69) is 10.3 Å². The maximum Gasteiger partial charge on any atom is 0.251 e. The van der Waals surface area contributed by atoms with Crippen LogP contribution in [0, 0.1) is 6.92 Å². The molecule has 19 heavy (non-hydrogen) atoms. The van der Waals surface area contributed by atoms with Crippen molar-refractivity contribution in [2.24, 2.45) is 0 Å². The third-order valence-electron chi connectivity index (χ3n) is 2.57. The molecule has 6 heteroatoms. The van der Waals surface area contributed by atoms with Crippen LogP contribution in [0.5, 0.6) is 11.5 Å². The largest absolute Gasteiger partial charge is 0.504 e. The number of aryl methyl sites for hydroxylation is 1. The monoisotopic (exact) mass is 278 g/mol. The number of carbonyl (C=O) groups is 1. The summed E-state index contributed by atoms with van der Waals surface area (Å²) in [4.78, 5) is 16.1. The highest BCUT2D eigenvalue weighted by molar-refractivity contribution is 7.09. The van der Waals surface area contributed by atoms with E-state index >= 15 is 0 Å².